The number of aromatic amines is 1. The Morgan fingerprint density at radius 1 is 1.32 bits per heavy atom. The molecule has 0 saturated carbocycles. The largest absolute Gasteiger partial charge is 0.342 e. The Bertz CT molecular complexity index is 696. The summed E-state index contributed by atoms with van der Waals surface area (Å²) < 4.78 is 0. The molecule has 3 heterocycles. The zero-order valence-corrected chi connectivity index (χ0v) is 12.9. The first-order valence-electron chi connectivity index (χ1n) is 8.18. The van der Waals surface area contributed by atoms with Crippen molar-refractivity contribution in [3.8, 4) is 0 Å². The highest BCUT2D eigenvalue weighted by Gasteiger charge is 2.34. The van der Waals surface area contributed by atoms with Crippen molar-refractivity contribution in [2.75, 3.05) is 5.32 Å². The highest BCUT2D eigenvalue weighted by Crippen LogP contribution is 2.32. The van der Waals surface area contributed by atoms with Gasteiger partial charge in [0.15, 0.2) is 0 Å². The van der Waals surface area contributed by atoms with Crippen LogP contribution in [0.5, 0.6) is 0 Å². The molecule has 2 fully saturated rings. The summed E-state index contributed by atoms with van der Waals surface area (Å²) in [6, 6.07) is 7.10. The van der Waals surface area contributed by atoms with Crippen LogP contribution in [0.25, 0.3) is 11.0 Å². The minimum Gasteiger partial charge on any atom is -0.342 e. The zero-order chi connectivity index (χ0) is 15.1. The van der Waals surface area contributed by atoms with Crippen molar-refractivity contribution in [1.82, 2.24) is 15.3 Å². The zero-order valence-electron chi connectivity index (χ0n) is 12.9. The predicted octanol–water partition coefficient (Wildman–Crippen LogP) is 2.73. The average molecular weight is 298 g/mol. The van der Waals surface area contributed by atoms with Crippen LogP contribution in [0.3, 0.4) is 0 Å². The molecule has 2 aliphatic rings. The van der Waals surface area contributed by atoms with Gasteiger partial charge in [0.05, 0.1) is 11.0 Å². The van der Waals surface area contributed by atoms with E-state index in [1.165, 1.54) is 12.8 Å². The maximum absolute atomic E-state index is 12.3. The lowest BCUT2D eigenvalue weighted by Gasteiger charge is -2.28. The Hall–Kier alpha value is -1.88. The third kappa shape index (κ3) is 2.73. The summed E-state index contributed by atoms with van der Waals surface area (Å²) in [5, 5.41) is 6.66. The molecule has 1 aromatic heterocycles. The molecule has 2 unspecified atom stereocenters. The van der Waals surface area contributed by atoms with E-state index in [0.29, 0.717) is 24.4 Å². The normalized spacial score (nSPS) is 27.2. The molecular formula is C17H22N4O. The lowest BCUT2D eigenvalue weighted by Crippen LogP contribution is -2.39. The Balaban J connectivity index is 1.40. The first-order chi connectivity index (χ1) is 10.7. The molecule has 0 radical (unpaired) electrons. The number of aromatic nitrogens is 2. The van der Waals surface area contributed by atoms with Crippen LogP contribution in [0.1, 0.15) is 37.9 Å². The summed E-state index contributed by atoms with van der Waals surface area (Å²) in [5.74, 6) is 1.54. The van der Waals surface area contributed by atoms with E-state index in [9.17, 15) is 4.79 Å². The summed E-state index contributed by atoms with van der Waals surface area (Å²) >= 11 is 0. The van der Waals surface area contributed by atoms with Gasteiger partial charge in [-0.15, -0.1) is 0 Å². The molecule has 0 aliphatic carbocycles. The summed E-state index contributed by atoms with van der Waals surface area (Å²) in [5.41, 5.74) is 2.75. The third-order valence-corrected chi connectivity index (χ3v) is 4.93. The van der Waals surface area contributed by atoms with Gasteiger partial charge in [-0.2, -0.15) is 0 Å². The van der Waals surface area contributed by atoms with Gasteiger partial charge in [0, 0.05) is 24.2 Å². The molecule has 116 valence electrons. The van der Waals surface area contributed by atoms with E-state index in [-0.39, 0.29) is 5.91 Å². The molecule has 22 heavy (non-hydrogen) atoms. The van der Waals surface area contributed by atoms with Crippen molar-refractivity contribution in [2.24, 2.45) is 5.92 Å². The van der Waals surface area contributed by atoms with E-state index in [1.54, 1.807) is 0 Å². The van der Waals surface area contributed by atoms with Gasteiger partial charge < -0.3 is 15.6 Å². The molecule has 2 aliphatic heterocycles. The van der Waals surface area contributed by atoms with Gasteiger partial charge in [-0.1, -0.05) is 0 Å². The Morgan fingerprint density at radius 2 is 2.09 bits per heavy atom. The average Bonchev–Trinajstić information content (AvgIpc) is 2.99. The lowest BCUT2D eigenvalue weighted by atomic mass is 9.89. The number of benzene rings is 1. The van der Waals surface area contributed by atoms with E-state index in [2.05, 4.69) is 20.6 Å². The lowest BCUT2D eigenvalue weighted by molar-refractivity contribution is -0.117. The van der Waals surface area contributed by atoms with Crippen LogP contribution < -0.4 is 10.6 Å². The first kappa shape index (κ1) is 13.8. The van der Waals surface area contributed by atoms with E-state index in [0.717, 1.165) is 35.4 Å². The van der Waals surface area contributed by atoms with Crippen molar-refractivity contribution < 1.29 is 4.79 Å². The van der Waals surface area contributed by atoms with Crippen molar-refractivity contribution in [2.45, 2.75) is 51.1 Å². The summed E-state index contributed by atoms with van der Waals surface area (Å²) in [6.45, 7) is 1.93. The number of anilines is 1. The quantitative estimate of drug-likeness (QED) is 0.816. The van der Waals surface area contributed by atoms with E-state index < -0.39 is 0 Å². The number of amides is 1. The van der Waals surface area contributed by atoms with Crippen molar-refractivity contribution in [3.05, 3.63) is 24.0 Å². The monoisotopic (exact) mass is 298 g/mol. The Kier molecular flexibility index (Phi) is 3.37. The van der Waals surface area contributed by atoms with Crippen LogP contribution in [-0.4, -0.2) is 28.0 Å². The highest BCUT2D eigenvalue weighted by atomic mass is 16.1. The van der Waals surface area contributed by atoms with Crippen LogP contribution in [0, 0.1) is 12.8 Å². The molecule has 5 heteroatoms. The number of nitrogens with one attached hydrogen (secondary N) is 3. The standard InChI is InChI=1S/C17H22N4O/c1-10-18-15-5-4-14(9-16(15)19-10)21-17(22)8-11-6-12-2-3-13(7-11)20-12/h4-5,9,11-13,20H,2-3,6-8H2,1H3,(H,18,19)(H,21,22). The molecule has 2 saturated heterocycles. The molecule has 2 bridgehead atoms. The maximum atomic E-state index is 12.3. The van der Waals surface area contributed by atoms with Gasteiger partial charge in [-0.3, -0.25) is 4.79 Å². The second-order valence-corrected chi connectivity index (χ2v) is 6.78. The topological polar surface area (TPSA) is 69.8 Å². The Morgan fingerprint density at radius 3 is 2.86 bits per heavy atom. The number of carbonyl (C=O) groups excluding carboxylic acids is 1. The molecule has 2 aromatic rings. The number of aryl methyl sites for hydroxylation is 1. The number of piperidine rings is 1. The predicted molar refractivity (Wildman–Crippen MR) is 86.7 cm³/mol. The molecular weight excluding hydrogens is 276 g/mol. The van der Waals surface area contributed by atoms with Crippen LogP contribution in [-0.2, 0) is 4.79 Å². The van der Waals surface area contributed by atoms with Gasteiger partial charge in [0.2, 0.25) is 5.91 Å². The molecule has 1 amide bonds. The van der Waals surface area contributed by atoms with Gasteiger partial charge in [0.1, 0.15) is 5.82 Å². The van der Waals surface area contributed by atoms with Crippen molar-refractivity contribution in [1.29, 1.82) is 0 Å². The minimum atomic E-state index is 0.127. The number of imidazole rings is 1. The van der Waals surface area contributed by atoms with Crippen molar-refractivity contribution >= 4 is 22.6 Å². The van der Waals surface area contributed by atoms with E-state index in [1.807, 2.05) is 25.1 Å². The molecule has 3 N–H and O–H groups in total. The molecule has 0 spiro atoms. The number of rotatable bonds is 3. The number of hydrogen-bond acceptors (Lipinski definition) is 3. The Labute approximate surface area is 129 Å². The first-order valence-corrected chi connectivity index (χ1v) is 8.18. The van der Waals surface area contributed by atoms with Gasteiger partial charge in [-0.05, 0) is 56.7 Å². The fourth-order valence-corrected chi connectivity index (χ4v) is 4.03. The number of H-pyrrole nitrogens is 1. The third-order valence-electron chi connectivity index (χ3n) is 4.93. The number of hydrogen-bond donors (Lipinski definition) is 3. The van der Waals surface area contributed by atoms with Crippen molar-refractivity contribution in [3.63, 3.8) is 0 Å². The smallest absolute Gasteiger partial charge is 0.224 e. The maximum Gasteiger partial charge on any atom is 0.224 e. The molecule has 2 atom stereocenters. The van der Waals surface area contributed by atoms with Gasteiger partial charge in [-0.25, -0.2) is 4.98 Å². The van der Waals surface area contributed by atoms with Crippen LogP contribution in [0.4, 0.5) is 5.69 Å². The van der Waals surface area contributed by atoms with Crippen LogP contribution in [0.15, 0.2) is 18.2 Å². The number of fused-ring (bicyclic) bond motifs is 3. The molecule has 5 nitrogen and oxygen atoms in total. The fraction of sp³-hybridized carbons (Fsp3) is 0.529. The molecule has 1 aromatic carbocycles. The second-order valence-electron chi connectivity index (χ2n) is 6.78. The minimum absolute atomic E-state index is 0.127. The van der Waals surface area contributed by atoms with Gasteiger partial charge >= 0.3 is 0 Å². The van der Waals surface area contributed by atoms with Crippen LogP contribution >= 0.6 is 0 Å². The highest BCUT2D eigenvalue weighted by molar-refractivity contribution is 5.93. The second kappa shape index (κ2) is 5.39. The summed E-state index contributed by atoms with van der Waals surface area (Å²) in [6.07, 6.45) is 5.47. The SMILES string of the molecule is Cc1nc2ccc(NC(=O)CC3CC4CCC(C3)N4)cc2[nH]1. The molecule has 4 rings (SSSR count). The van der Waals surface area contributed by atoms with E-state index in [4.69, 9.17) is 0 Å². The van der Waals surface area contributed by atoms with Crippen LogP contribution in [0.2, 0.25) is 0 Å². The number of nitrogens with zero attached hydrogens (tertiary/aromatic N) is 1. The number of carbonyl (C=O) groups is 1. The summed E-state index contributed by atoms with van der Waals surface area (Å²) in [4.78, 5) is 19.9. The van der Waals surface area contributed by atoms with E-state index >= 15 is 0 Å². The summed E-state index contributed by atoms with van der Waals surface area (Å²) in [7, 11) is 0. The fourth-order valence-electron chi connectivity index (χ4n) is 4.03. The van der Waals surface area contributed by atoms with Gasteiger partial charge in [0.25, 0.3) is 0 Å².